The average Bonchev–Trinajstić information content (AvgIpc) is 2.82. The van der Waals surface area contributed by atoms with E-state index in [9.17, 15) is 4.79 Å². The van der Waals surface area contributed by atoms with Crippen molar-refractivity contribution in [3.8, 4) is 0 Å². The van der Waals surface area contributed by atoms with Gasteiger partial charge >= 0.3 is 0 Å². The van der Waals surface area contributed by atoms with Crippen molar-refractivity contribution in [3.05, 3.63) is 68.7 Å². The van der Waals surface area contributed by atoms with Crippen LogP contribution in [-0.4, -0.2) is 10.4 Å². The summed E-state index contributed by atoms with van der Waals surface area (Å²) in [5.74, 6) is 0.0241. The fourth-order valence-electron chi connectivity index (χ4n) is 2.28. The molecule has 0 aliphatic heterocycles. The number of Topliss-reactive ketones (excluding diaryl/α,β-unsaturated/α-hetero) is 1. The molecular formula is C16H10BrCl2NO. The molecule has 3 rings (SSSR count). The van der Waals surface area contributed by atoms with E-state index < -0.39 is 0 Å². The quantitative estimate of drug-likeness (QED) is 0.541. The second-order valence-electron chi connectivity index (χ2n) is 4.67. The number of nitrogens with zero attached hydrogens (tertiary/aromatic N) is 1. The number of carbonyl (C=O) groups is 1. The summed E-state index contributed by atoms with van der Waals surface area (Å²) >= 11 is 15.6. The summed E-state index contributed by atoms with van der Waals surface area (Å²) in [4.78, 5) is 12.4. The van der Waals surface area contributed by atoms with E-state index in [1.807, 2.05) is 41.1 Å². The number of ketones is 1. The summed E-state index contributed by atoms with van der Waals surface area (Å²) in [5.41, 5.74) is 1.51. The molecule has 0 spiro atoms. The number of fused-ring (bicyclic) bond motifs is 1. The van der Waals surface area contributed by atoms with Gasteiger partial charge in [0.25, 0.3) is 0 Å². The number of hydrogen-bond acceptors (Lipinski definition) is 1. The molecule has 0 saturated heterocycles. The fraction of sp³-hybridized carbons (Fsp3) is 0.0625. The molecule has 106 valence electrons. The van der Waals surface area contributed by atoms with Crippen LogP contribution in [-0.2, 0) is 6.54 Å². The normalized spacial score (nSPS) is 11.0. The summed E-state index contributed by atoms with van der Waals surface area (Å²) in [6.07, 6.45) is 1.85. The Morgan fingerprint density at radius 1 is 1.14 bits per heavy atom. The topological polar surface area (TPSA) is 22.0 Å². The molecule has 3 aromatic rings. The zero-order chi connectivity index (χ0) is 15.0. The van der Waals surface area contributed by atoms with E-state index >= 15 is 0 Å². The first-order chi connectivity index (χ1) is 10.1. The fourth-order valence-corrected chi connectivity index (χ4v) is 3.34. The number of hydrogen-bond donors (Lipinski definition) is 0. The standard InChI is InChI=1S/C16H10BrCl2NO/c17-13-4-2-1-3-11(13)16(21)9-20-6-5-12-14(19)7-10(18)8-15(12)20/h1-8H,9H2. The molecule has 0 aliphatic rings. The van der Waals surface area contributed by atoms with E-state index in [1.54, 1.807) is 12.1 Å². The van der Waals surface area contributed by atoms with Gasteiger partial charge in [0.15, 0.2) is 5.78 Å². The molecule has 0 radical (unpaired) electrons. The Bertz CT molecular complexity index is 841. The van der Waals surface area contributed by atoms with Gasteiger partial charge in [-0.15, -0.1) is 0 Å². The van der Waals surface area contributed by atoms with Gasteiger partial charge in [-0.25, -0.2) is 0 Å². The first kappa shape index (κ1) is 14.6. The molecule has 2 nitrogen and oxygen atoms in total. The van der Waals surface area contributed by atoms with Gasteiger partial charge in [-0.1, -0.05) is 57.3 Å². The lowest BCUT2D eigenvalue weighted by molar-refractivity contribution is 0.0973. The van der Waals surface area contributed by atoms with Crippen LogP contribution >= 0.6 is 39.1 Å². The summed E-state index contributed by atoms with van der Waals surface area (Å²) < 4.78 is 2.65. The number of benzene rings is 2. The van der Waals surface area contributed by atoms with Crippen molar-refractivity contribution < 1.29 is 4.79 Å². The highest BCUT2D eigenvalue weighted by molar-refractivity contribution is 9.10. The minimum atomic E-state index is 0.0241. The Morgan fingerprint density at radius 2 is 1.90 bits per heavy atom. The SMILES string of the molecule is O=C(Cn1ccc2c(Cl)cc(Cl)cc21)c1ccccc1Br. The third-order valence-electron chi connectivity index (χ3n) is 3.29. The van der Waals surface area contributed by atoms with Crippen LogP contribution in [0.1, 0.15) is 10.4 Å². The highest BCUT2D eigenvalue weighted by atomic mass is 79.9. The first-order valence-electron chi connectivity index (χ1n) is 6.28. The highest BCUT2D eigenvalue weighted by Gasteiger charge is 2.13. The predicted molar refractivity (Wildman–Crippen MR) is 90.4 cm³/mol. The first-order valence-corrected chi connectivity index (χ1v) is 7.83. The average molecular weight is 383 g/mol. The third-order valence-corrected chi connectivity index (χ3v) is 4.51. The van der Waals surface area contributed by atoms with E-state index in [0.29, 0.717) is 15.6 Å². The molecule has 0 aliphatic carbocycles. The lowest BCUT2D eigenvalue weighted by atomic mass is 10.1. The van der Waals surface area contributed by atoms with Crippen LogP contribution in [0.15, 0.2) is 53.1 Å². The van der Waals surface area contributed by atoms with Crippen molar-refractivity contribution in [2.45, 2.75) is 6.54 Å². The van der Waals surface area contributed by atoms with Gasteiger partial charge in [0.1, 0.15) is 0 Å². The molecule has 0 atom stereocenters. The van der Waals surface area contributed by atoms with Gasteiger partial charge in [-0.3, -0.25) is 4.79 Å². The highest BCUT2D eigenvalue weighted by Crippen LogP contribution is 2.29. The Morgan fingerprint density at radius 3 is 2.67 bits per heavy atom. The van der Waals surface area contributed by atoms with Crippen LogP contribution < -0.4 is 0 Å². The molecule has 0 saturated carbocycles. The zero-order valence-corrected chi connectivity index (χ0v) is 13.9. The maximum atomic E-state index is 12.4. The van der Waals surface area contributed by atoms with Gasteiger partial charge < -0.3 is 4.57 Å². The third kappa shape index (κ3) is 2.86. The molecular weight excluding hydrogens is 373 g/mol. The minimum Gasteiger partial charge on any atom is -0.340 e. The van der Waals surface area contributed by atoms with Crippen LogP contribution in [0, 0.1) is 0 Å². The van der Waals surface area contributed by atoms with Crippen LogP contribution in [0.25, 0.3) is 10.9 Å². The second kappa shape index (κ2) is 5.84. The Labute approximate surface area is 140 Å². The van der Waals surface area contributed by atoms with Crippen molar-refractivity contribution in [1.29, 1.82) is 0 Å². The van der Waals surface area contributed by atoms with Gasteiger partial charge in [0, 0.05) is 26.6 Å². The van der Waals surface area contributed by atoms with Crippen molar-refractivity contribution in [3.63, 3.8) is 0 Å². The largest absolute Gasteiger partial charge is 0.340 e. The zero-order valence-electron chi connectivity index (χ0n) is 10.8. The molecule has 1 aromatic heterocycles. The number of halogens is 3. The molecule has 21 heavy (non-hydrogen) atoms. The van der Waals surface area contributed by atoms with Crippen molar-refractivity contribution in [1.82, 2.24) is 4.57 Å². The minimum absolute atomic E-state index is 0.0241. The molecule has 0 bridgehead atoms. The molecule has 0 N–H and O–H groups in total. The van der Waals surface area contributed by atoms with Gasteiger partial charge in [0.2, 0.25) is 0 Å². The van der Waals surface area contributed by atoms with Crippen molar-refractivity contribution in [2.24, 2.45) is 0 Å². The van der Waals surface area contributed by atoms with Gasteiger partial charge in [-0.05, 0) is 24.3 Å². The molecule has 1 heterocycles. The van der Waals surface area contributed by atoms with E-state index in [0.717, 1.165) is 15.4 Å². The Kier molecular flexibility index (Phi) is 4.07. The van der Waals surface area contributed by atoms with E-state index in [4.69, 9.17) is 23.2 Å². The molecule has 5 heteroatoms. The van der Waals surface area contributed by atoms with Crippen LogP contribution in [0.4, 0.5) is 0 Å². The summed E-state index contributed by atoms with van der Waals surface area (Å²) in [7, 11) is 0. The molecule has 0 unspecified atom stereocenters. The summed E-state index contributed by atoms with van der Waals surface area (Å²) in [6.45, 7) is 0.239. The smallest absolute Gasteiger partial charge is 0.183 e. The van der Waals surface area contributed by atoms with Crippen LogP contribution in [0.2, 0.25) is 10.0 Å². The predicted octanol–water partition coefficient (Wildman–Crippen LogP) is 5.59. The number of aromatic nitrogens is 1. The van der Waals surface area contributed by atoms with E-state index in [1.165, 1.54) is 0 Å². The maximum absolute atomic E-state index is 12.4. The van der Waals surface area contributed by atoms with Gasteiger partial charge in [-0.2, -0.15) is 0 Å². The molecule has 0 amide bonds. The maximum Gasteiger partial charge on any atom is 0.183 e. The van der Waals surface area contributed by atoms with Crippen LogP contribution in [0.3, 0.4) is 0 Å². The number of carbonyl (C=O) groups excluding carboxylic acids is 1. The van der Waals surface area contributed by atoms with Gasteiger partial charge in [0.05, 0.1) is 17.1 Å². The second-order valence-corrected chi connectivity index (χ2v) is 6.37. The monoisotopic (exact) mass is 381 g/mol. The van der Waals surface area contributed by atoms with Crippen molar-refractivity contribution >= 4 is 55.8 Å². The lowest BCUT2D eigenvalue weighted by Crippen LogP contribution is -2.10. The van der Waals surface area contributed by atoms with E-state index in [2.05, 4.69) is 15.9 Å². The van der Waals surface area contributed by atoms with E-state index in [-0.39, 0.29) is 12.3 Å². The Hall–Kier alpha value is -1.29. The number of rotatable bonds is 3. The lowest BCUT2D eigenvalue weighted by Gasteiger charge is -2.07. The molecule has 2 aromatic carbocycles. The summed E-state index contributed by atoms with van der Waals surface area (Å²) in [5, 5.41) is 2.03. The van der Waals surface area contributed by atoms with Crippen molar-refractivity contribution in [2.75, 3.05) is 0 Å². The van der Waals surface area contributed by atoms with Crippen LogP contribution in [0.5, 0.6) is 0 Å². The summed E-state index contributed by atoms with van der Waals surface area (Å²) in [6, 6.07) is 12.8. The Balaban J connectivity index is 1.99. The molecule has 0 fully saturated rings.